The van der Waals surface area contributed by atoms with Crippen LogP contribution in [0.5, 0.6) is 0 Å². The highest BCUT2D eigenvalue weighted by Crippen LogP contribution is 2.45. The molecule has 0 aromatic heterocycles. The van der Waals surface area contributed by atoms with Crippen LogP contribution < -0.4 is 5.32 Å². The minimum atomic E-state index is -0.518. The molecule has 1 spiro atoms. The molecule has 2 amide bonds. The second-order valence-corrected chi connectivity index (χ2v) is 13.9. The minimum absolute atomic E-state index is 0.00195. The van der Waals surface area contributed by atoms with Crippen molar-refractivity contribution in [2.75, 3.05) is 33.4 Å². The lowest BCUT2D eigenvalue weighted by molar-refractivity contribution is -0.227. The number of nitrogens with zero attached hydrogens (tertiary/aromatic N) is 1. The molecule has 0 saturated carbocycles. The van der Waals surface area contributed by atoms with Crippen LogP contribution in [0.1, 0.15) is 86.5 Å². The molecule has 0 aliphatic carbocycles. The summed E-state index contributed by atoms with van der Waals surface area (Å²) in [5, 5.41) is 3.07. The monoisotopic (exact) mass is 690 g/mol. The maximum Gasteiger partial charge on any atom is 0.410 e. The van der Waals surface area contributed by atoms with Crippen LogP contribution in [0.2, 0.25) is 0 Å². The molecule has 10 atom stereocenters. The third-order valence-electron chi connectivity index (χ3n) is 9.80. The molecule has 4 aliphatic heterocycles. The van der Waals surface area contributed by atoms with Crippen LogP contribution >= 0.6 is 0 Å². The molecule has 0 aromatic rings. The molecule has 49 heavy (non-hydrogen) atoms. The van der Waals surface area contributed by atoms with Gasteiger partial charge in [-0.15, -0.1) is 0 Å². The predicted molar refractivity (Wildman–Crippen MR) is 183 cm³/mol. The van der Waals surface area contributed by atoms with Crippen LogP contribution in [0.25, 0.3) is 0 Å². The summed E-state index contributed by atoms with van der Waals surface area (Å²) >= 11 is 0. The van der Waals surface area contributed by atoms with Crippen LogP contribution in [0, 0.1) is 5.92 Å². The van der Waals surface area contributed by atoms with Crippen molar-refractivity contribution >= 4 is 18.0 Å². The normalized spacial score (nSPS) is 33.4. The van der Waals surface area contributed by atoms with Crippen LogP contribution in [0.4, 0.5) is 4.79 Å². The average molecular weight is 691 g/mol. The van der Waals surface area contributed by atoms with Gasteiger partial charge in [-0.3, -0.25) is 9.59 Å². The van der Waals surface area contributed by atoms with E-state index in [0.29, 0.717) is 26.1 Å². The number of nitrogens with one attached hydrogen (secondary N) is 1. The Morgan fingerprint density at radius 2 is 1.82 bits per heavy atom. The van der Waals surface area contributed by atoms with E-state index in [1.54, 1.807) is 17.9 Å². The third kappa shape index (κ3) is 11.6. The second-order valence-electron chi connectivity index (χ2n) is 13.9. The van der Waals surface area contributed by atoms with Gasteiger partial charge in [-0.25, -0.2) is 4.79 Å². The van der Waals surface area contributed by atoms with E-state index in [4.69, 9.17) is 33.2 Å². The van der Waals surface area contributed by atoms with Crippen molar-refractivity contribution in [3.05, 3.63) is 36.0 Å². The van der Waals surface area contributed by atoms with E-state index in [9.17, 15) is 14.4 Å². The number of carbonyl (C=O) groups is 3. The zero-order valence-corrected chi connectivity index (χ0v) is 30.4. The van der Waals surface area contributed by atoms with Crippen LogP contribution in [0.3, 0.4) is 0 Å². The number of likely N-dealkylation sites (tertiary alicyclic amines) is 1. The van der Waals surface area contributed by atoms with E-state index in [2.05, 4.69) is 18.3 Å². The maximum absolute atomic E-state index is 12.7. The number of amides is 2. The molecule has 0 aromatic carbocycles. The molecule has 1 unspecified atom stereocenters. The summed E-state index contributed by atoms with van der Waals surface area (Å²) in [4.78, 5) is 38.8. The molecule has 12 heteroatoms. The number of allylic oxidation sites excluding steroid dienone is 2. The van der Waals surface area contributed by atoms with Crippen LogP contribution in [0.15, 0.2) is 36.0 Å². The second kappa shape index (κ2) is 18.5. The number of hydrogen-bond acceptors (Lipinski definition) is 10. The Bertz CT molecular complexity index is 1190. The van der Waals surface area contributed by atoms with Crippen molar-refractivity contribution in [1.82, 2.24) is 10.2 Å². The van der Waals surface area contributed by atoms with Gasteiger partial charge in [-0.1, -0.05) is 30.7 Å². The summed E-state index contributed by atoms with van der Waals surface area (Å²) < 4.78 is 41.0. The average Bonchev–Trinajstić information content (AvgIpc) is 3.84. The van der Waals surface area contributed by atoms with E-state index in [1.165, 1.54) is 13.2 Å². The van der Waals surface area contributed by atoms with Crippen molar-refractivity contribution in [2.24, 2.45) is 5.92 Å². The van der Waals surface area contributed by atoms with Crippen molar-refractivity contribution in [3.8, 4) is 0 Å². The van der Waals surface area contributed by atoms with Gasteiger partial charge in [0.15, 0.2) is 6.29 Å². The summed E-state index contributed by atoms with van der Waals surface area (Å²) in [6.45, 7) is 14.2. The van der Waals surface area contributed by atoms with Crippen molar-refractivity contribution < 1.29 is 47.5 Å². The molecule has 1 N–H and O–H groups in total. The summed E-state index contributed by atoms with van der Waals surface area (Å²) in [6, 6.07) is -0.131. The Labute approximate surface area is 291 Å². The van der Waals surface area contributed by atoms with Gasteiger partial charge in [0.05, 0.1) is 44.5 Å². The molecular formula is C37H58N2O10. The molecule has 0 bridgehead atoms. The minimum Gasteiger partial charge on any atom is -0.469 e. The number of methoxy groups -OCH3 is 1. The van der Waals surface area contributed by atoms with Gasteiger partial charge in [-0.05, 0) is 78.7 Å². The third-order valence-corrected chi connectivity index (χ3v) is 9.80. The van der Waals surface area contributed by atoms with Crippen molar-refractivity contribution in [2.45, 2.75) is 141 Å². The first-order valence-corrected chi connectivity index (χ1v) is 18.0. The van der Waals surface area contributed by atoms with Gasteiger partial charge >= 0.3 is 12.1 Å². The zero-order chi connectivity index (χ0) is 35.6. The first-order valence-electron chi connectivity index (χ1n) is 18.0. The Morgan fingerprint density at radius 1 is 1.08 bits per heavy atom. The molecule has 4 aliphatic rings. The Balaban J connectivity index is 1.28. The zero-order valence-electron chi connectivity index (χ0n) is 30.4. The summed E-state index contributed by atoms with van der Waals surface area (Å²) in [5.41, 5.74) is 0.524. The highest BCUT2D eigenvalue weighted by molar-refractivity contribution is 5.87. The largest absolute Gasteiger partial charge is 0.469 e. The Hall–Kier alpha value is -2.77. The molecule has 12 nitrogen and oxygen atoms in total. The van der Waals surface area contributed by atoms with Gasteiger partial charge in [0.2, 0.25) is 5.91 Å². The number of carbonyl (C=O) groups excluding carboxylic acids is 3. The topological polar surface area (TPSA) is 134 Å². The first kappa shape index (κ1) is 39.0. The van der Waals surface area contributed by atoms with E-state index < -0.39 is 24.1 Å². The highest BCUT2D eigenvalue weighted by atomic mass is 16.7. The smallest absolute Gasteiger partial charge is 0.410 e. The van der Waals surface area contributed by atoms with Crippen LogP contribution in [-0.2, 0) is 42.7 Å². The lowest BCUT2D eigenvalue weighted by Gasteiger charge is -2.40. The van der Waals surface area contributed by atoms with E-state index in [-0.39, 0.29) is 60.8 Å². The first-order chi connectivity index (χ1) is 23.4. The van der Waals surface area contributed by atoms with Gasteiger partial charge in [0.25, 0.3) is 0 Å². The number of hydrogen-bond donors (Lipinski definition) is 1. The number of esters is 1. The van der Waals surface area contributed by atoms with Crippen LogP contribution in [-0.4, -0.2) is 111 Å². The summed E-state index contributed by atoms with van der Waals surface area (Å²) in [6.07, 6.45) is 11.9. The quantitative estimate of drug-likeness (QED) is 0.0873. The summed E-state index contributed by atoms with van der Waals surface area (Å²) in [7, 11) is 1.38. The number of rotatable bonds is 14. The summed E-state index contributed by atoms with van der Waals surface area (Å²) in [5.74, 6) is -0.340. The SMILES string of the molecule is CCOC(C)O[C@@H]1[C@@H](/C=C/C(C)=C/C[C@@H]2O[C@H](C)[C@H](NC(=O)/C=C\[C@H](C)OC(=O)N3CCCCC3)C[C@@H]2C)O[C@H](CC(=O)OC)C[C@@]12CO2. The molecular weight excluding hydrogens is 632 g/mol. The Kier molecular flexibility index (Phi) is 14.7. The molecule has 276 valence electrons. The molecule has 4 rings (SSSR count). The van der Waals surface area contributed by atoms with Gasteiger partial charge in [0.1, 0.15) is 23.9 Å². The van der Waals surface area contributed by atoms with Gasteiger partial charge in [-0.2, -0.15) is 0 Å². The van der Waals surface area contributed by atoms with E-state index >= 15 is 0 Å². The Morgan fingerprint density at radius 3 is 2.49 bits per heavy atom. The van der Waals surface area contributed by atoms with E-state index in [1.807, 2.05) is 39.8 Å². The lowest BCUT2D eigenvalue weighted by atomic mass is 9.87. The lowest BCUT2D eigenvalue weighted by Crippen LogP contribution is -2.53. The predicted octanol–water partition coefficient (Wildman–Crippen LogP) is 5.00. The molecule has 0 radical (unpaired) electrons. The molecule has 4 fully saturated rings. The standard InChI is InChI=1S/C37H58N2O10/c1-8-44-28(6)48-35-32(49-29(21-34(41)43-7)22-37(35)23-45-37)16-13-24(2)12-15-31-25(3)20-30(27(5)47-31)38-33(40)17-14-26(4)46-36(42)39-18-10-9-11-19-39/h12-14,16-17,25-32,35H,8-11,15,18-23H2,1-7H3,(H,38,40)/b16-13+,17-14-,24-12+/t25-,26-,27+,28?,29+,30+,31-,32+,35+,37+/m0/s1. The number of piperidine rings is 1. The fourth-order valence-corrected chi connectivity index (χ4v) is 6.87. The molecule has 4 heterocycles. The maximum atomic E-state index is 12.7. The molecule has 4 saturated heterocycles. The van der Waals surface area contributed by atoms with Gasteiger partial charge in [0, 0.05) is 32.2 Å². The highest BCUT2D eigenvalue weighted by Gasteiger charge is 2.60. The van der Waals surface area contributed by atoms with Crippen molar-refractivity contribution in [3.63, 3.8) is 0 Å². The van der Waals surface area contributed by atoms with E-state index in [0.717, 1.165) is 44.3 Å². The fourth-order valence-electron chi connectivity index (χ4n) is 6.87. The number of epoxide rings is 1. The number of ether oxygens (including phenoxy) is 7. The van der Waals surface area contributed by atoms with Gasteiger partial charge < -0.3 is 43.4 Å². The fraction of sp³-hybridized carbons (Fsp3) is 0.757. The van der Waals surface area contributed by atoms with Crippen molar-refractivity contribution in [1.29, 1.82) is 0 Å².